The van der Waals surface area contributed by atoms with Crippen LogP contribution in [0.2, 0.25) is 0 Å². The number of ketones is 1. The van der Waals surface area contributed by atoms with E-state index in [1.165, 1.54) is 128 Å². The number of fused-ring (bicyclic) bond motifs is 2. The Kier molecular flexibility index (Phi) is 23.7. The molecule has 3 N–H and O–H groups in total. The second kappa shape index (κ2) is 28.6. The van der Waals surface area contributed by atoms with Crippen LogP contribution in [0.25, 0.3) is 11.1 Å². The molecule has 2 unspecified atom stereocenters. The van der Waals surface area contributed by atoms with E-state index in [1.807, 2.05) is 47.8 Å². The van der Waals surface area contributed by atoms with E-state index in [4.69, 9.17) is 0 Å². The van der Waals surface area contributed by atoms with Crippen LogP contribution in [0.5, 0.6) is 0 Å². The van der Waals surface area contributed by atoms with Crippen molar-refractivity contribution in [3.8, 4) is 0 Å². The second-order valence-corrected chi connectivity index (χ2v) is 25.7. The number of unbranched alkanes of at least 4 members (excludes halogenated alkanes) is 18. The Morgan fingerprint density at radius 1 is 0.625 bits per heavy atom. The van der Waals surface area contributed by atoms with E-state index >= 15 is 0 Å². The van der Waals surface area contributed by atoms with Gasteiger partial charge in [0.15, 0.2) is 6.04 Å². The SMILES string of the molecule is CCCCCCCCCCCCSCCC(=O)Nc1cc2c(cc1C1=C(O)C(=c3cc4c(cc3NC(=O)CCSCCCCCCCCCCCC)=[N+](C(C)C)C(C)C4(C)C)C1=O)C(C)(C)C(C)N2C(C)C. The highest BCUT2D eigenvalue weighted by molar-refractivity contribution is 7.99. The third-order valence-electron chi connectivity index (χ3n) is 16.5. The van der Waals surface area contributed by atoms with E-state index in [9.17, 15) is 19.5 Å². The molecule has 5 rings (SSSR count). The minimum atomic E-state index is -0.286. The van der Waals surface area contributed by atoms with Crippen LogP contribution in [0.3, 0.4) is 0 Å². The second-order valence-electron chi connectivity index (χ2n) is 23.2. The first-order valence-corrected chi connectivity index (χ1v) is 31.3. The Bertz CT molecular complexity index is 2300. The van der Waals surface area contributed by atoms with E-state index in [1.54, 1.807) is 0 Å². The zero-order valence-corrected chi connectivity index (χ0v) is 49.0. The summed E-state index contributed by atoms with van der Waals surface area (Å²) in [5, 5.41) is 20.4. The number of nitrogens with zero attached hydrogens (tertiary/aromatic N) is 2. The fourth-order valence-corrected chi connectivity index (χ4v) is 13.4. The van der Waals surface area contributed by atoms with Crippen molar-refractivity contribution in [2.75, 3.05) is 38.5 Å². The average molecular weight is 1030 g/mol. The molecule has 72 heavy (non-hydrogen) atoms. The lowest BCUT2D eigenvalue weighted by atomic mass is 9.76. The zero-order chi connectivity index (χ0) is 52.6. The van der Waals surface area contributed by atoms with Gasteiger partial charge < -0.3 is 20.6 Å². The van der Waals surface area contributed by atoms with E-state index < -0.39 is 0 Å². The number of hydrogen-bond donors (Lipinski definition) is 3. The maximum atomic E-state index is 15.0. The van der Waals surface area contributed by atoms with Crippen LogP contribution < -0.4 is 30.7 Å². The molecule has 0 spiro atoms. The summed E-state index contributed by atoms with van der Waals surface area (Å²) in [4.78, 5) is 45.0. The number of aliphatic hydroxyl groups is 1. The Morgan fingerprint density at radius 3 is 1.56 bits per heavy atom. The van der Waals surface area contributed by atoms with Gasteiger partial charge in [-0.2, -0.15) is 23.5 Å². The van der Waals surface area contributed by atoms with Gasteiger partial charge in [0.1, 0.15) is 11.8 Å². The number of aliphatic hydroxyl groups excluding tert-OH is 1. The van der Waals surface area contributed by atoms with Crippen molar-refractivity contribution in [2.45, 2.75) is 259 Å². The van der Waals surface area contributed by atoms with Crippen molar-refractivity contribution < 1.29 is 19.5 Å². The monoisotopic (exact) mass is 1030 g/mol. The average Bonchev–Trinajstić information content (AvgIpc) is 3.65. The molecule has 2 aliphatic heterocycles. The van der Waals surface area contributed by atoms with Crippen LogP contribution in [-0.4, -0.2) is 69.9 Å². The maximum absolute atomic E-state index is 15.0. The summed E-state index contributed by atoms with van der Waals surface area (Å²) in [6, 6.07) is 8.94. The number of allylic oxidation sites excluding steroid dienone is 2. The first kappa shape index (κ1) is 59.6. The molecule has 0 bridgehead atoms. The van der Waals surface area contributed by atoms with Crippen molar-refractivity contribution in [3.05, 3.63) is 57.3 Å². The van der Waals surface area contributed by atoms with Crippen molar-refractivity contribution >= 4 is 69.3 Å². The molecule has 3 aliphatic rings. The number of carbonyl (C=O) groups excluding carboxylic acids is 3. The molecule has 0 aromatic heterocycles. The first-order chi connectivity index (χ1) is 34.4. The molecule has 2 atom stereocenters. The third-order valence-corrected chi connectivity index (χ3v) is 18.6. The van der Waals surface area contributed by atoms with Crippen LogP contribution in [0, 0.1) is 0 Å². The molecule has 0 saturated carbocycles. The minimum Gasteiger partial charge on any atom is -0.506 e. The van der Waals surface area contributed by atoms with E-state index in [0.717, 1.165) is 45.2 Å². The van der Waals surface area contributed by atoms with Crippen LogP contribution in [0.4, 0.5) is 17.1 Å². The predicted molar refractivity (Wildman–Crippen MR) is 314 cm³/mol. The summed E-state index contributed by atoms with van der Waals surface area (Å²) in [6.07, 6.45) is 26.9. The molecular formula is C62H99N4O4S2+. The van der Waals surface area contributed by atoms with E-state index in [-0.39, 0.29) is 69.5 Å². The molecule has 8 nitrogen and oxygen atoms in total. The smallest absolute Gasteiger partial charge is 0.225 e. The lowest BCUT2D eigenvalue weighted by Gasteiger charge is -2.34. The molecular weight excluding hydrogens is 929 g/mol. The maximum Gasteiger partial charge on any atom is 0.225 e. The number of carbonyl (C=O) groups is 3. The summed E-state index contributed by atoms with van der Waals surface area (Å²) in [5.74, 6) is 2.97. The lowest BCUT2D eigenvalue weighted by Crippen LogP contribution is -2.42. The molecule has 2 amide bonds. The van der Waals surface area contributed by atoms with Gasteiger partial charge >= 0.3 is 0 Å². The highest BCUT2D eigenvalue weighted by atomic mass is 32.2. The van der Waals surface area contributed by atoms with Gasteiger partial charge in [0.2, 0.25) is 23.0 Å². The van der Waals surface area contributed by atoms with E-state index in [0.29, 0.717) is 35.0 Å². The topological polar surface area (TPSA) is 102 Å². The highest BCUT2D eigenvalue weighted by Gasteiger charge is 2.48. The molecule has 0 fully saturated rings. The number of nitrogens with one attached hydrogen (secondary N) is 2. The molecule has 0 saturated heterocycles. The van der Waals surface area contributed by atoms with Gasteiger partial charge in [-0.1, -0.05) is 143 Å². The van der Waals surface area contributed by atoms with Gasteiger partial charge in [-0.3, -0.25) is 14.4 Å². The normalized spacial score (nSPS) is 18.6. The first-order valence-electron chi connectivity index (χ1n) is 28.9. The standard InChI is InChI=1S/C62H98N4O4S2/c1-13-15-17-19-21-23-25-27-29-31-35-71-37-33-55(67)63-51-41-53-49(61(9,10)45(7)65(53)43(3)4)39-47(51)57-59(69)58(60(57)70)48-40-50-54(66(44(5)6)46(8)62(50,11)12)42-52(48)64-56(68)34-38-72-36-32-30-28-26-24-22-20-18-16-14-2/h39-46H,13-38H2,1-12H3,(H2,63,64,67,68,69,70)/p+1. The fourth-order valence-electron chi connectivity index (χ4n) is 11.5. The number of hydrogen-bond acceptors (Lipinski definition) is 7. The van der Waals surface area contributed by atoms with Crippen LogP contribution in [0.1, 0.15) is 241 Å². The predicted octanol–water partition coefficient (Wildman–Crippen LogP) is 14.8. The third kappa shape index (κ3) is 15.0. The zero-order valence-electron chi connectivity index (χ0n) is 47.4. The summed E-state index contributed by atoms with van der Waals surface area (Å²) in [6.45, 7) is 26.7. The number of benzene rings is 2. The van der Waals surface area contributed by atoms with Gasteiger partial charge in [-0.05, 0) is 103 Å². The van der Waals surface area contributed by atoms with Gasteiger partial charge in [-0.15, -0.1) is 0 Å². The molecule has 0 radical (unpaired) electrons. The number of amides is 2. The van der Waals surface area contributed by atoms with E-state index in [2.05, 4.69) is 103 Å². The Labute approximate surface area is 446 Å². The van der Waals surface area contributed by atoms with Gasteiger partial charge in [0, 0.05) is 69.9 Å². The Hall–Kier alpha value is -3.24. The summed E-state index contributed by atoms with van der Waals surface area (Å²) in [5.41, 5.74) is 4.76. The summed E-state index contributed by atoms with van der Waals surface area (Å²) < 4.78 is 2.41. The molecule has 2 aromatic carbocycles. The number of anilines is 3. The molecule has 1 aliphatic carbocycles. The molecule has 2 heterocycles. The minimum absolute atomic E-state index is 0.0967. The van der Waals surface area contributed by atoms with Gasteiger partial charge in [0.05, 0.1) is 27.9 Å². The summed E-state index contributed by atoms with van der Waals surface area (Å²) in [7, 11) is 0. The van der Waals surface area contributed by atoms with Crippen LogP contribution in [0.15, 0.2) is 30.0 Å². The number of thioether (sulfide) groups is 2. The van der Waals surface area contributed by atoms with Crippen molar-refractivity contribution in [1.82, 2.24) is 4.58 Å². The van der Waals surface area contributed by atoms with Crippen molar-refractivity contribution in [3.63, 3.8) is 0 Å². The summed E-state index contributed by atoms with van der Waals surface area (Å²) >= 11 is 3.67. The lowest BCUT2D eigenvalue weighted by molar-refractivity contribution is -0.116. The molecule has 2 aromatic rings. The van der Waals surface area contributed by atoms with Crippen molar-refractivity contribution in [1.29, 1.82) is 0 Å². The molecule has 10 heteroatoms. The fraction of sp³-hybridized carbons (Fsp3) is 0.710. The van der Waals surface area contributed by atoms with Crippen LogP contribution in [-0.2, 0) is 25.2 Å². The van der Waals surface area contributed by atoms with Crippen molar-refractivity contribution in [2.24, 2.45) is 0 Å². The van der Waals surface area contributed by atoms with Gasteiger partial charge in [-0.25, -0.2) is 4.58 Å². The Balaban J connectivity index is 1.37. The Morgan fingerprint density at radius 2 is 1.10 bits per heavy atom. The van der Waals surface area contributed by atoms with Gasteiger partial charge in [0.25, 0.3) is 0 Å². The number of Topliss-reactive ketones (excluding diaryl/α,β-unsaturated/α-hetero) is 1. The quantitative estimate of drug-likeness (QED) is 0.0483. The highest BCUT2D eigenvalue weighted by Crippen LogP contribution is 2.51. The largest absolute Gasteiger partial charge is 0.506 e. The number of rotatable bonds is 33. The van der Waals surface area contributed by atoms with Crippen LogP contribution >= 0.6 is 23.5 Å². The molecule has 402 valence electrons.